The summed E-state index contributed by atoms with van der Waals surface area (Å²) in [6.45, 7) is 4.44. The lowest BCUT2D eigenvalue weighted by Gasteiger charge is -2.31. The van der Waals surface area contributed by atoms with Gasteiger partial charge in [-0.1, -0.05) is 26.0 Å². The van der Waals surface area contributed by atoms with Crippen LogP contribution >= 0.6 is 0 Å². The van der Waals surface area contributed by atoms with Crippen LogP contribution in [0.15, 0.2) is 24.3 Å². The van der Waals surface area contributed by atoms with Gasteiger partial charge in [-0.2, -0.15) is 13.2 Å². The molecule has 24 heavy (non-hydrogen) atoms. The number of nitrogens with one attached hydrogen (secondary N) is 2. The van der Waals surface area contributed by atoms with Crippen molar-refractivity contribution in [3.63, 3.8) is 0 Å². The third-order valence-electron chi connectivity index (χ3n) is 4.36. The summed E-state index contributed by atoms with van der Waals surface area (Å²) in [7, 11) is 0. The number of amides is 2. The van der Waals surface area contributed by atoms with E-state index in [1.165, 1.54) is 18.2 Å². The first-order valence-corrected chi connectivity index (χ1v) is 8.05. The predicted molar refractivity (Wildman–Crippen MR) is 87.9 cm³/mol. The molecular weight excluding hydrogens is 321 g/mol. The number of carbonyl (C=O) groups excluding carboxylic acids is 1. The number of aliphatic hydroxyl groups is 1. The van der Waals surface area contributed by atoms with Gasteiger partial charge in [-0.15, -0.1) is 0 Å². The van der Waals surface area contributed by atoms with Gasteiger partial charge in [0.2, 0.25) is 0 Å². The molecule has 1 rings (SSSR count). The second-order valence-electron chi connectivity index (χ2n) is 5.98. The third kappa shape index (κ3) is 6.78. The molecule has 0 aromatic heterocycles. The van der Waals surface area contributed by atoms with Crippen molar-refractivity contribution in [2.45, 2.75) is 45.7 Å². The van der Waals surface area contributed by atoms with Crippen molar-refractivity contribution in [2.75, 3.05) is 18.5 Å². The van der Waals surface area contributed by atoms with Gasteiger partial charge in [0.25, 0.3) is 0 Å². The summed E-state index contributed by atoms with van der Waals surface area (Å²) in [6, 6.07) is 5.23. The van der Waals surface area contributed by atoms with Crippen LogP contribution in [0.2, 0.25) is 0 Å². The Labute approximate surface area is 140 Å². The highest BCUT2D eigenvalue weighted by Crippen LogP contribution is 2.29. The molecule has 0 aliphatic heterocycles. The highest BCUT2D eigenvalue weighted by molar-refractivity contribution is 5.89. The van der Waals surface area contributed by atoms with Crippen molar-refractivity contribution < 1.29 is 23.1 Å². The van der Waals surface area contributed by atoms with Crippen LogP contribution in [-0.4, -0.2) is 30.5 Å². The second-order valence-corrected chi connectivity index (χ2v) is 5.98. The Kier molecular flexibility index (Phi) is 7.54. The van der Waals surface area contributed by atoms with E-state index >= 15 is 0 Å². The Hall–Kier alpha value is -1.76. The van der Waals surface area contributed by atoms with Gasteiger partial charge >= 0.3 is 12.2 Å². The molecule has 0 atom stereocenters. The van der Waals surface area contributed by atoms with Gasteiger partial charge in [-0.05, 0) is 42.4 Å². The first-order valence-electron chi connectivity index (χ1n) is 8.05. The molecule has 0 spiro atoms. The molecular formula is C17H25F3N2O2. The standard InChI is InChI=1S/C17H25F3N2O2/c1-3-16(4-2,8-9-23)12-21-15(24)22-14-7-5-6-13(10-14)11-17(18,19)20/h5-7,10,23H,3-4,8-9,11-12H2,1-2H3,(H2,21,22,24). The fourth-order valence-corrected chi connectivity index (χ4v) is 2.61. The molecule has 0 aliphatic carbocycles. The van der Waals surface area contributed by atoms with Crippen LogP contribution in [0, 0.1) is 5.41 Å². The van der Waals surface area contributed by atoms with Gasteiger partial charge in [0.05, 0.1) is 6.42 Å². The first-order chi connectivity index (χ1) is 11.2. The predicted octanol–water partition coefficient (Wildman–Crippen LogP) is 4.10. The first kappa shape index (κ1) is 20.3. The Morgan fingerprint density at radius 3 is 2.42 bits per heavy atom. The molecule has 0 heterocycles. The number of halogens is 3. The SMILES string of the molecule is CCC(CC)(CCO)CNC(=O)Nc1cccc(CC(F)(F)F)c1. The molecule has 0 unspecified atom stereocenters. The van der Waals surface area contributed by atoms with E-state index in [-0.39, 0.29) is 17.6 Å². The van der Waals surface area contributed by atoms with Gasteiger partial charge in [0.15, 0.2) is 0 Å². The molecule has 7 heteroatoms. The number of rotatable bonds is 8. The molecule has 3 N–H and O–H groups in total. The van der Waals surface area contributed by atoms with Crippen molar-refractivity contribution in [2.24, 2.45) is 5.41 Å². The Morgan fingerprint density at radius 1 is 1.21 bits per heavy atom. The summed E-state index contributed by atoms with van der Waals surface area (Å²) in [6.07, 6.45) is -3.11. The highest BCUT2D eigenvalue weighted by atomic mass is 19.4. The molecule has 0 radical (unpaired) electrons. The summed E-state index contributed by atoms with van der Waals surface area (Å²) < 4.78 is 37.3. The fourth-order valence-electron chi connectivity index (χ4n) is 2.61. The lowest BCUT2D eigenvalue weighted by molar-refractivity contribution is -0.127. The van der Waals surface area contributed by atoms with Crippen molar-refractivity contribution in [1.82, 2.24) is 5.32 Å². The van der Waals surface area contributed by atoms with Gasteiger partial charge in [-0.3, -0.25) is 0 Å². The van der Waals surface area contributed by atoms with E-state index in [0.29, 0.717) is 18.7 Å². The van der Waals surface area contributed by atoms with E-state index in [0.717, 1.165) is 12.8 Å². The quantitative estimate of drug-likeness (QED) is 0.664. The number of urea groups is 1. The molecule has 0 fully saturated rings. The summed E-state index contributed by atoms with van der Waals surface area (Å²) >= 11 is 0. The average Bonchev–Trinajstić information content (AvgIpc) is 2.50. The number of anilines is 1. The van der Waals surface area contributed by atoms with E-state index in [1.807, 2.05) is 13.8 Å². The molecule has 1 aromatic rings. The topological polar surface area (TPSA) is 61.4 Å². The van der Waals surface area contributed by atoms with Crippen molar-refractivity contribution >= 4 is 11.7 Å². The number of hydrogen-bond donors (Lipinski definition) is 3. The summed E-state index contributed by atoms with van der Waals surface area (Å²) in [5.74, 6) is 0. The molecule has 4 nitrogen and oxygen atoms in total. The Balaban J connectivity index is 2.63. The zero-order valence-electron chi connectivity index (χ0n) is 14.0. The second kappa shape index (κ2) is 8.92. The van der Waals surface area contributed by atoms with Gasteiger partial charge in [0.1, 0.15) is 0 Å². The van der Waals surface area contributed by atoms with Crippen LogP contribution in [0.4, 0.5) is 23.7 Å². The number of aliphatic hydroxyl groups excluding tert-OH is 1. The minimum absolute atomic E-state index is 0.0461. The molecule has 1 aromatic carbocycles. The van der Waals surface area contributed by atoms with Crippen molar-refractivity contribution in [3.05, 3.63) is 29.8 Å². The van der Waals surface area contributed by atoms with E-state index in [9.17, 15) is 18.0 Å². The van der Waals surface area contributed by atoms with Crippen LogP contribution in [0.5, 0.6) is 0 Å². The van der Waals surface area contributed by atoms with E-state index < -0.39 is 18.6 Å². The molecule has 0 saturated heterocycles. The lowest BCUT2D eigenvalue weighted by atomic mass is 9.79. The summed E-state index contributed by atoms with van der Waals surface area (Å²) in [4.78, 5) is 12.0. The minimum atomic E-state index is -4.28. The van der Waals surface area contributed by atoms with Crippen molar-refractivity contribution in [1.29, 1.82) is 0 Å². The summed E-state index contributed by atoms with van der Waals surface area (Å²) in [5, 5.41) is 14.5. The van der Waals surface area contributed by atoms with Crippen LogP contribution in [0.25, 0.3) is 0 Å². The zero-order chi connectivity index (χ0) is 18.2. The maximum Gasteiger partial charge on any atom is 0.393 e. The largest absolute Gasteiger partial charge is 0.396 e. The normalized spacial score (nSPS) is 12.1. The Morgan fingerprint density at radius 2 is 1.88 bits per heavy atom. The highest BCUT2D eigenvalue weighted by Gasteiger charge is 2.28. The molecule has 0 saturated carbocycles. The Bertz CT molecular complexity index is 529. The van der Waals surface area contributed by atoms with Crippen LogP contribution in [0.3, 0.4) is 0 Å². The molecule has 0 aliphatic rings. The van der Waals surface area contributed by atoms with E-state index in [4.69, 9.17) is 5.11 Å². The van der Waals surface area contributed by atoms with Crippen LogP contribution in [-0.2, 0) is 6.42 Å². The number of hydrogen-bond acceptors (Lipinski definition) is 2. The molecule has 2 amide bonds. The van der Waals surface area contributed by atoms with Crippen LogP contribution < -0.4 is 10.6 Å². The maximum absolute atomic E-state index is 12.4. The lowest BCUT2D eigenvalue weighted by Crippen LogP contribution is -2.39. The average molecular weight is 346 g/mol. The zero-order valence-corrected chi connectivity index (χ0v) is 14.0. The van der Waals surface area contributed by atoms with Gasteiger partial charge < -0.3 is 15.7 Å². The number of alkyl halides is 3. The monoisotopic (exact) mass is 346 g/mol. The summed E-state index contributed by atoms with van der Waals surface area (Å²) in [5.41, 5.74) is 0.233. The number of carbonyl (C=O) groups is 1. The number of benzene rings is 1. The van der Waals surface area contributed by atoms with Gasteiger partial charge in [-0.25, -0.2) is 4.79 Å². The molecule has 136 valence electrons. The molecule has 0 bridgehead atoms. The van der Waals surface area contributed by atoms with Crippen molar-refractivity contribution in [3.8, 4) is 0 Å². The van der Waals surface area contributed by atoms with Crippen LogP contribution in [0.1, 0.15) is 38.7 Å². The third-order valence-corrected chi connectivity index (χ3v) is 4.36. The van der Waals surface area contributed by atoms with E-state index in [2.05, 4.69) is 10.6 Å². The smallest absolute Gasteiger partial charge is 0.393 e. The maximum atomic E-state index is 12.4. The van der Waals surface area contributed by atoms with E-state index in [1.54, 1.807) is 6.07 Å². The minimum Gasteiger partial charge on any atom is -0.396 e. The fraction of sp³-hybridized carbons (Fsp3) is 0.588. The van der Waals surface area contributed by atoms with Gasteiger partial charge in [0, 0.05) is 18.8 Å².